The minimum atomic E-state index is 0.596. The number of methoxy groups -OCH3 is 6. The third-order valence-electron chi connectivity index (χ3n) is 13.2. The van der Waals surface area contributed by atoms with Crippen molar-refractivity contribution in [3.8, 4) is 34.5 Å². The van der Waals surface area contributed by atoms with Crippen LogP contribution in [-0.4, -0.2) is 89.6 Å². The number of nitrogens with zero attached hydrogens (tertiary/aromatic N) is 4. The first-order valence-electron chi connectivity index (χ1n) is 27.4. The van der Waals surface area contributed by atoms with Gasteiger partial charge in [-0.25, -0.2) is 24.1 Å². The molecule has 1 aliphatic heterocycles. The Hall–Kier alpha value is -5.57. The van der Waals surface area contributed by atoms with Gasteiger partial charge in [-0.3, -0.25) is 0 Å². The fraction of sp³-hybridized carbons (Fsp3) is 0.492. The molecule has 2 aromatic heterocycles. The van der Waals surface area contributed by atoms with Crippen LogP contribution in [0.1, 0.15) is 120 Å². The summed E-state index contributed by atoms with van der Waals surface area (Å²) in [5.74, 6) is 6.36. The third-order valence-corrected chi connectivity index (χ3v) is 15.8. The second-order valence-electron chi connectivity index (χ2n) is 18.8. The van der Waals surface area contributed by atoms with Crippen LogP contribution < -0.4 is 47.6 Å². The molecule has 5 rings (SSSR count). The van der Waals surface area contributed by atoms with Gasteiger partial charge in [0.05, 0.1) is 62.3 Å². The molecule has 14 heteroatoms. The molecule has 1 atom stereocenters. The van der Waals surface area contributed by atoms with Crippen molar-refractivity contribution in [1.29, 1.82) is 0 Å². The molecule has 4 aromatic rings. The summed E-state index contributed by atoms with van der Waals surface area (Å²) in [7, 11) is 13.9. The number of allylic oxidation sites excluding steroid dienone is 5. The van der Waals surface area contributed by atoms with Gasteiger partial charge in [-0.1, -0.05) is 71.2 Å². The van der Waals surface area contributed by atoms with Crippen LogP contribution in [0.3, 0.4) is 0 Å². The molecule has 75 heavy (non-hydrogen) atoms. The zero-order chi connectivity index (χ0) is 53.0. The number of hydrogen-bond donors (Lipinski definition) is 2. The quantitative estimate of drug-likeness (QED) is 0.0148. The predicted molar refractivity (Wildman–Crippen MR) is 312 cm³/mol. The molecule has 0 saturated carbocycles. The lowest BCUT2D eigenvalue weighted by atomic mass is 10.1. The standard InChI is InChI=1S/C61H88N6O6S2/c1-68-56-48-53(49-57(69-2)60(56)72-5)30-18-8-7-9-20-34-62-35-21-10-11-22-36-63-42-43-64(52-63)37-23-14-16-28-46-74-75-47-29-17-15-26-41-67-45-44-66(67)40-25-13-12-24-38-65-39-27-19-31-55(65)33-32-54-50-58(70-3)61(73-6)59(51-54)71-4/h7-9,18-20,27,30-34,39,42-45,48-52H,10-17,21-26,28-29,35-38,40-41,46-47H2,1-6H3/q+2/p+2/b8-7+,20-9-,30-18+,33-32+,62-34?. The number of hydrogen-bond acceptors (Lipinski definition) is 9. The van der Waals surface area contributed by atoms with E-state index in [9.17, 15) is 0 Å². The second kappa shape index (κ2) is 37.2. The van der Waals surface area contributed by atoms with Crippen molar-refractivity contribution in [2.45, 2.75) is 122 Å². The Morgan fingerprint density at radius 2 is 1.12 bits per heavy atom. The summed E-state index contributed by atoms with van der Waals surface area (Å²) < 4.78 is 39.9. The van der Waals surface area contributed by atoms with Gasteiger partial charge in [0, 0.05) is 48.6 Å². The van der Waals surface area contributed by atoms with E-state index in [4.69, 9.17) is 28.4 Å². The van der Waals surface area contributed by atoms with E-state index in [2.05, 4.69) is 113 Å². The van der Waals surface area contributed by atoms with Crippen LogP contribution in [0.4, 0.5) is 0 Å². The maximum absolute atomic E-state index is 5.54. The number of quaternary nitrogens is 1. The van der Waals surface area contributed by atoms with Gasteiger partial charge in [-0.15, -0.1) is 0 Å². The van der Waals surface area contributed by atoms with E-state index in [-0.39, 0.29) is 0 Å². The molecule has 3 heterocycles. The molecule has 1 aliphatic rings. The molecule has 408 valence electrons. The average molecular weight is 1070 g/mol. The third kappa shape index (κ3) is 22.7. The van der Waals surface area contributed by atoms with E-state index < -0.39 is 0 Å². The fourth-order valence-electron chi connectivity index (χ4n) is 8.96. The number of aryl methyl sites for hydroxylation is 3. The van der Waals surface area contributed by atoms with Gasteiger partial charge >= 0.3 is 0 Å². The van der Waals surface area contributed by atoms with E-state index in [1.54, 1.807) is 42.7 Å². The molecule has 1 unspecified atom stereocenters. The van der Waals surface area contributed by atoms with Gasteiger partial charge in [0.15, 0.2) is 35.4 Å². The Morgan fingerprint density at radius 3 is 1.76 bits per heavy atom. The molecular formula is C61H90N6O6S2+4. The number of ether oxygens (including phenoxy) is 6. The molecule has 0 fully saturated rings. The van der Waals surface area contributed by atoms with Crippen LogP contribution in [0.25, 0.3) is 18.2 Å². The van der Waals surface area contributed by atoms with Crippen LogP contribution in [-0.2, 0) is 19.6 Å². The van der Waals surface area contributed by atoms with Gasteiger partial charge in [-0.05, 0) is 118 Å². The Kier molecular flexibility index (Phi) is 29.9. The highest BCUT2D eigenvalue weighted by Gasteiger charge is 2.21. The second-order valence-corrected chi connectivity index (χ2v) is 21.5. The topological polar surface area (TPSA) is 89.7 Å². The molecular weight excluding hydrogens is 977 g/mol. The summed E-state index contributed by atoms with van der Waals surface area (Å²) >= 11 is 0. The van der Waals surface area contributed by atoms with E-state index in [0.29, 0.717) is 34.5 Å². The highest BCUT2D eigenvalue weighted by atomic mass is 33.1. The molecule has 0 aliphatic carbocycles. The van der Waals surface area contributed by atoms with E-state index in [1.165, 1.54) is 138 Å². The molecule has 0 spiro atoms. The number of aromatic nitrogens is 3. The highest BCUT2D eigenvalue weighted by Crippen LogP contribution is 2.39. The number of nitrogens with one attached hydrogen (secondary N) is 2. The molecule has 2 aromatic carbocycles. The van der Waals surface area contributed by atoms with Gasteiger partial charge in [-0.2, -0.15) is 4.57 Å². The lowest BCUT2D eigenvalue weighted by Crippen LogP contribution is -3.17. The van der Waals surface area contributed by atoms with Crippen molar-refractivity contribution in [2.75, 3.05) is 73.8 Å². The van der Waals surface area contributed by atoms with Crippen LogP contribution in [0.15, 0.2) is 110 Å². The monoisotopic (exact) mass is 1070 g/mol. The lowest BCUT2D eigenvalue weighted by molar-refractivity contribution is -0.985. The van der Waals surface area contributed by atoms with Crippen molar-refractivity contribution in [1.82, 2.24) is 9.58 Å². The van der Waals surface area contributed by atoms with E-state index in [0.717, 1.165) is 37.3 Å². The molecule has 2 N–H and O–H groups in total. The number of rotatable bonds is 41. The number of imidazole rings is 1. The first-order valence-corrected chi connectivity index (χ1v) is 29.9. The van der Waals surface area contributed by atoms with Gasteiger partial charge < -0.3 is 28.4 Å². The van der Waals surface area contributed by atoms with Crippen LogP contribution in [0.2, 0.25) is 0 Å². The minimum Gasteiger partial charge on any atom is -0.493 e. The van der Waals surface area contributed by atoms with Crippen molar-refractivity contribution >= 4 is 46.0 Å². The summed E-state index contributed by atoms with van der Waals surface area (Å²) in [5.41, 5.74) is 3.15. The van der Waals surface area contributed by atoms with Crippen molar-refractivity contribution in [3.05, 3.63) is 127 Å². The summed E-state index contributed by atoms with van der Waals surface area (Å²) in [6.07, 6.45) is 52.3. The normalized spacial score (nSPS) is 13.6. The first-order chi connectivity index (χ1) is 37.0. The van der Waals surface area contributed by atoms with E-state index in [1.807, 2.05) is 66.9 Å². The van der Waals surface area contributed by atoms with Crippen LogP contribution in [0.5, 0.6) is 34.5 Å². The zero-order valence-corrected chi connectivity index (χ0v) is 47.9. The molecule has 12 nitrogen and oxygen atoms in total. The SMILES string of the molecule is COc1cc(/C=C/C=C/C=C\C=[NH+]CCCCCC[n+]2ccn(CCCCCCSSCCCCCCN3C=C[NH+]3CCCCCC[n+]3ccccc3/C=C/c3cc(OC)c(OC)c(OC)c3)c2)cc(OC)c1OC. The minimum absolute atomic E-state index is 0.596. The molecule has 0 radical (unpaired) electrons. The lowest BCUT2D eigenvalue weighted by Gasteiger charge is -2.33. The van der Waals surface area contributed by atoms with Gasteiger partial charge in [0.25, 0.3) is 0 Å². The Labute approximate surface area is 458 Å². The number of unbranched alkanes of at least 4 members (excludes halogenated alkanes) is 12. The zero-order valence-electron chi connectivity index (χ0n) is 46.2. The maximum Gasteiger partial charge on any atom is 0.243 e. The van der Waals surface area contributed by atoms with Crippen molar-refractivity contribution in [3.63, 3.8) is 0 Å². The van der Waals surface area contributed by atoms with Crippen molar-refractivity contribution in [2.24, 2.45) is 0 Å². The number of pyridine rings is 1. The fourth-order valence-corrected chi connectivity index (χ4v) is 11.3. The summed E-state index contributed by atoms with van der Waals surface area (Å²) in [6, 6.07) is 14.2. The first kappa shape index (κ1) is 60.3. The molecule has 0 bridgehead atoms. The number of benzene rings is 2. The largest absolute Gasteiger partial charge is 0.493 e. The highest BCUT2D eigenvalue weighted by molar-refractivity contribution is 8.76. The Morgan fingerprint density at radius 1 is 0.547 bits per heavy atom. The van der Waals surface area contributed by atoms with E-state index >= 15 is 0 Å². The van der Waals surface area contributed by atoms with Crippen LogP contribution >= 0.6 is 21.6 Å². The van der Waals surface area contributed by atoms with Crippen molar-refractivity contribution < 1.29 is 47.6 Å². The predicted octanol–water partition coefficient (Wildman–Crippen LogP) is 10.2. The summed E-state index contributed by atoms with van der Waals surface area (Å²) in [4.78, 5) is 3.40. The Bertz CT molecular complexity index is 2350. The van der Waals surface area contributed by atoms with Gasteiger partial charge in [0.2, 0.25) is 23.5 Å². The van der Waals surface area contributed by atoms with Gasteiger partial charge in [0.1, 0.15) is 44.4 Å². The molecule has 0 saturated heterocycles. The summed E-state index contributed by atoms with van der Waals surface area (Å²) in [6.45, 7) is 6.60. The average Bonchev–Trinajstić information content (AvgIpc) is 3.89. The van der Waals surface area contributed by atoms with Crippen LogP contribution in [0, 0.1) is 0 Å². The Balaban J connectivity index is 0.769. The maximum atomic E-state index is 5.54. The summed E-state index contributed by atoms with van der Waals surface area (Å²) in [5, 5.41) is 4.03. The smallest absolute Gasteiger partial charge is 0.243 e. The molecule has 0 amide bonds.